The number of methoxy groups -OCH3 is 1. The van der Waals surface area contributed by atoms with E-state index in [1.54, 1.807) is 7.11 Å². The minimum absolute atomic E-state index is 0.556. The molecule has 1 atom stereocenters. The molecule has 1 aliphatic rings. The topological polar surface area (TPSA) is 24.5 Å². The van der Waals surface area contributed by atoms with Gasteiger partial charge in [0.25, 0.3) is 0 Å². The number of anilines is 2. The molecule has 2 aromatic rings. The maximum absolute atomic E-state index is 5.42. The highest BCUT2D eigenvalue weighted by Gasteiger charge is 2.24. The fourth-order valence-corrected chi connectivity index (χ4v) is 3.93. The Bertz CT molecular complexity index is 659. The molecule has 1 N–H and O–H groups in total. The second-order valence-corrected chi connectivity index (χ2v) is 6.76. The molecule has 0 aliphatic carbocycles. The van der Waals surface area contributed by atoms with Gasteiger partial charge in [-0.25, -0.2) is 0 Å². The lowest BCUT2D eigenvalue weighted by molar-refractivity contribution is 0.414. The first-order valence-electron chi connectivity index (χ1n) is 7.60. The zero-order valence-corrected chi connectivity index (χ0v) is 14.1. The van der Waals surface area contributed by atoms with Gasteiger partial charge in [-0.05, 0) is 43.8 Å². The van der Waals surface area contributed by atoms with Crippen molar-refractivity contribution >= 4 is 23.1 Å². The van der Waals surface area contributed by atoms with Crippen LogP contribution < -0.4 is 15.0 Å². The van der Waals surface area contributed by atoms with E-state index in [2.05, 4.69) is 53.5 Å². The van der Waals surface area contributed by atoms with Crippen LogP contribution in [0, 0.1) is 5.92 Å². The van der Waals surface area contributed by atoms with E-state index in [0.717, 1.165) is 18.8 Å². The number of ether oxygens (including phenoxy) is 1. The van der Waals surface area contributed by atoms with Gasteiger partial charge in [-0.1, -0.05) is 30.8 Å². The standard InChI is InChI=1S/C18H22N2OS/c1-13(11-19-2)12-20-15-6-4-5-7-17(15)22-18-9-8-14(21-3)10-16(18)20/h4-10,13,19H,11-12H2,1-3H3/t13-/m0/s1. The number of para-hydroxylation sites is 1. The number of nitrogens with zero attached hydrogens (tertiary/aromatic N) is 1. The van der Waals surface area contributed by atoms with E-state index in [4.69, 9.17) is 4.74 Å². The predicted octanol–water partition coefficient (Wildman–Crippen LogP) is 4.15. The minimum Gasteiger partial charge on any atom is -0.497 e. The molecule has 0 fully saturated rings. The Kier molecular flexibility index (Phi) is 4.60. The lowest BCUT2D eigenvalue weighted by Gasteiger charge is -2.34. The summed E-state index contributed by atoms with van der Waals surface area (Å²) in [5.74, 6) is 1.46. The molecule has 2 aromatic carbocycles. The summed E-state index contributed by atoms with van der Waals surface area (Å²) in [4.78, 5) is 5.03. The van der Waals surface area contributed by atoms with Crippen LogP contribution in [0.3, 0.4) is 0 Å². The van der Waals surface area contributed by atoms with Gasteiger partial charge in [-0.15, -0.1) is 0 Å². The Morgan fingerprint density at radius 1 is 1.14 bits per heavy atom. The van der Waals surface area contributed by atoms with E-state index in [1.807, 2.05) is 24.9 Å². The van der Waals surface area contributed by atoms with Gasteiger partial charge in [0.2, 0.25) is 0 Å². The van der Waals surface area contributed by atoms with Crippen molar-refractivity contribution in [1.82, 2.24) is 5.32 Å². The number of benzene rings is 2. The van der Waals surface area contributed by atoms with Gasteiger partial charge in [0, 0.05) is 22.4 Å². The molecule has 0 radical (unpaired) electrons. The van der Waals surface area contributed by atoms with E-state index < -0.39 is 0 Å². The Hall–Kier alpha value is -1.65. The lowest BCUT2D eigenvalue weighted by Crippen LogP contribution is -2.30. The lowest BCUT2D eigenvalue weighted by atomic mass is 10.1. The monoisotopic (exact) mass is 314 g/mol. The van der Waals surface area contributed by atoms with Crippen LogP contribution in [0.2, 0.25) is 0 Å². The van der Waals surface area contributed by atoms with Gasteiger partial charge in [-0.2, -0.15) is 0 Å². The predicted molar refractivity (Wildman–Crippen MR) is 93.7 cm³/mol. The van der Waals surface area contributed by atoms with Crippen LogP contribution in [0.5, 0.6) is 5.75 Å². The van der Waals surface area contributed by atoms with Crippen molar-refractivity contribution < 1.29 is 4.74 Å². The van der Waals surface area contributed by atoms with Crippen molar-refractivity contribution in [2.24, 2.45) is 5.92 Å². The third kappa shape index (κ3) is 2.94. The number of rotatable bonds is 5. The molecule has 0 aromatic heterocycles. The summed E-state index contributed by atoms with van der Waals surface area (Å²) in [6.45, 7) is 4.27. The summed E-state index contributed by atoms with van der Waals surface area (Å²) >= 11 is 1.83. The molecule has 116 valence electrons. The molecule has 0 unspecified atom stereocenters. The smallest absolute Gasteiger partial charge is 0.121 e. The fourth-order valence-electron chi connectivity index (χ4n) is 2.86. The minimum atomic E-state index is 0.556. The fraction of sp³-hybridized carbons (Fsp3) is 0.333. The van der Waals surface area contributed by atoms with Gasteiger partial charge in [0.15, 0.2) is 0 Å². The van der Waals surface area contributed by atoms with Crippen LogP contribution in [0.15, 0.2) is 52.3 Å². The van der Waals surface area contributed by atoms with E-state index in [9.17, 15) is 0 Å². The number of fused-ring (bicyclic) bond motifs is 2. The van der Waals surface area contributed by atoms with Crippen LogP contribution >= 0.6 is 11.8 Å². The van der Waals surface area contributed by atoms with Crippen molar-refractivity contribution in [3.8, 4) is 5.75 Å². The van der Waals surface area contributed by atoms with Gasteiger partial charge < -0.3 is 15.0 Å². The largest absolute Gasteiger partial charge is 0.497 e. The first kappa shape index (κ1) is 15.3. The number of hydrogen-bond donors (Lipinski definition) is 1. The third-order valence-electron chi connectivity index (χ3n) is 3.88. The van der Waals surface area contributed by atoms with Gasteiger partial charge in [0.05, 0.1) is 18.5 Å². The zero-order chi connectivity index (χ0) is 15.5. The average molecular weight is 314 g/mol. The molecule has 1 aliphatic heterocycles. The second kappa shape index (κ2) is 6.63. The molecular formula is C18H22N2OS. The van der Waals surface area contributed by atoms with Crippen molar-refractivity contribution in [2.75, 3.05) is 32.1 Å². The summed E-state index contributed by atoms with van der Waals surface area (Å²) in [7, 11) is 3.73. The number of nitrogens with one attached hydrogen (secondary N) is 1. The summed E-state index contributed by atoms with van der Waals surface area (Å²) in [5.41, 5.74) is 2.53. The summed E-state index contributed by atoms with van der Waals surface area (Å²) in [6, 6.07) is 15.0. The van der Waals surface area contributed by atoms with Gasteiger partial charge in [0.1, 0.15) is 5.75 Å². The van der Waals surface area contributed by atoms with Gasteiger partial charge in [-0.3, -0.25) is 0 Å². The van der Waals surface area contributed by atoms with Crippen molar-refractivity contribution in [2.45, 2.75) is 16.7 Å². The quantitative estimate of drug-likeness (QED) is 0.896. The Labute approximate surface area is 136 Å². The van der Waals surface area contributed by atoms with Crippen molar-refractivity contribution in [1.29, 1.82) is 0 Å². The van der Waals surface area contributed by atoms with Crippen LogP contribution in [0.1, 0.15) is 6.92 Å². The van der Waals surface area contributed by atoms with E-state index in [1.165, 1.54) is 21.2 Å². The molecule has 0 bridgehead atoms. The second-order valence-electron chi connectivity index (χ2n) is 5.68. The maximum atomic E-state index is 5.42. The molecule has 0 saturated carbocycles. The van der Waals surface area contributed by atoms with E-state index in [0.29, 0.717) is 5.92 Å². The Morgan fingerprint density at radius 2 is 1.91 bits per heavy atom. The van der Waals surface area contributed by atoms with Crippen molar-refractivity contribution in [3.63, 3.8) is 0 Å². The summed E-state index contributed by atoms with van der Waals surface area (Å²) in [6.07, 6.45) is 0. The highest BCUT2D eigenvalue weighted by Crippen LogP contribution is 2.49. The third-order valence-corrected chi connectivity index (χ3v) is 5.01. The van der Waals surface area contributed by atoms with Crippen LogP contribution in [0.25, 0.3) is 0 Å². The number of hydrogen-bond acceptors (Lipinski definition) is 4. The SMILES string of the molecule is CNC[C@H](C)CN1c2ccccc2Sc2ccc(OC)cc21. The molecule has 0 amide bonds. The van der Waals surface area contributed by atoms with Crippen LogP contribution in [-0.4, -0.2) is 27.2 Å². The molecule has 0 saturated heterocycles. The van der Waals surface area contributed by atoms with Crippen LogP contribution in [-0.2, 0) is 0 Å². The maximum Gasteiger partial charge on any atom is 0.121 e. The highest BCUT2D eigenvalue weighted by atomic mass is 32.2. The zero-order valence-electron chi connectivity index (χ0n) is 13.3. The molecule has 4 heteroatoms. The first-order valence-corrected chi connectivity index (χ1v) is 8.41. The van der Waals surface area contributed by atoms with Gasteiger partial charge >= 0.3 is 0 Å². The molecule has 3 rings (SSSR count). The summed E-state index contributed by atoms with van der Waals surface area (Å²) in [5, 5.41) is 3.27. The first-order chi connectivity index (χ1) is 10.7. The molecule has 22 heavy (non-hydrogen) atoms. The van der Waals surface area contributed by atoms with E-state index in [-0.39, 0.29) is 0 Å². The average Bonchev–Trinajstić information content (AvgIpc) is 2.54. The molecule has 3 nitrogen and oxygen atoms in total. The molecule has 1 heterocycles. The Morgan fingerprint density at radius 3 is 2.68 bits per heavy atom. The highest BCUT2D eigenvalue weighted by molar-refractivity contribution is 7.99. The van der Waals surface area contributed by atoms with E-state index >= 15 is 0 Å². The molecule has 0 spiro atoms. The normalized spacial score (nSPS) is 14.2. The van der Waals surface area contributed by atoms with Crippen molar-refractivity contribution in [3.05, 3.63) is 42.5 Å². The molecular weight excluding hydrogens is 292 g/mol. The Balaban J connectivity index is 2.02. The summed E-state index contributed by atoms with van der Waals surface area (Å²) < 4.78 is 5.42. The van der Waals surface area contributed by atoms with Crippen LogP contribution in [0.4, 0.5) is 11.4 Å².